The van der Waals surface area contributed by atoms with Crippen LogP contribution in [0, 0.1) is 18.6 Å². The number of anilines is 1. The molecule has 3 aromatic heterocycles. The van der Waals surface area contributed by atoms with Gasteiger partial charge in [0.1, 0.15) is 11.4 Å². The summed E-state index contributed by atoms with van der Waals surface area (Å²) in [7, 11) is 0. The van der Waals surface area contributed by atoms with Gasteiger partial charge in [0.2, 0.25) is 0 Å². The van der Waals surface area contributed by atoms with Crippen molar-refractivity contribution in [2.45, 2.75) is 19.4 Å². The first-order chi connectivity index (χ1) is 16.9. The predicted molar refractivity (Wildman–Crippen MR) is 129 cm³/mol. The summed E-state index contributed by atoms with van der Waals surface area (Å²) in [4.78, 5) is 27.5. The Hall–Kier alpha value is -4.31. The predicted octanol–water partition coefficient (Wildman–Crippen LogP) is 3.71. The van der Waals surface area contributed by atoms with Gasteiger partial charge < -0.3 is 25.0 Å². The van der Waals surface area contributed by atoms with Crippen LogP contribution in [0.2, 0.25) is 0 Å². The molecule has 0 aliphatic rings. The van der Waals surface area contributed by atoms with Crippen LogP contribution >= 0.6 is 0 Å². The van der Waals surface area contributed by atoms with Crippen LogP contribution in [0.25, 0.3) is 28.1 Å². The highest BCUT2D eigenvalue weighted by atomic mass is 19.2. The second-order valence-corrected chi connectivity index (χ2v) is 8.29. The zero-order valence-corrected chi connectivity index (χ0v) is 18.7. The van der Waals surface area contributed by atoms with Crippen molar-refractivity contribution in [2.24, 2.45) is 0 Å². The van der Waals surface area contributed by atoms with Gasteiger partial charge in [-0.2, -0.15) is 0 Å². The largest absolute Gasteiger partial charge is 0.394 e. The lowest BCUT2D eigenvalue weighted by molar-refractivity contribution is 0.273. The number of imidazole rings is 2. The van der Waals surface area contributed by atoms with Crippen LogP contribution in [0.3, 0.4) is 0 Å². The van der Waals surface area contributed by atoms with Gasteiger partial charge in [0.15, 0.2) is 11.6 Å². The van der Waals surface area contributed by atoms with Crippen molar-refractivity contribution in [3.05, 3.63) is 94.4 Å². The number of aromatic nitrogens is 5. The van der Waals surface area contributed by atoms with Crippen LogP contribution < -0.4 is 10.9 Å². The molecule has 0 fully saturated rings. The summed E-state index contributed by atoms with van der Waals surface area (Å²) in [6.07, 6.45) is 6.93. The van der Waals surface area contributed by atoms with E-state index in [0.29, 0.717) is 17.1 Å². The van der Waals surface area contributed by atoms with Crippen LogP contribution in [0.4, 0.5) is 14.5 Å². The number of benzene rings is 2. The lowest BCUT2D eigenvalue weighted by Gasteiger charge is -2.19. The molecule has 10 heteroatoms. The molecule has 178 valence electrons. The van der Waals surface area contributed by atoms with Crippen LogP contribution in [-0.4, -0.2) is 42.3 Å². The van der Waals surface area contributed by atoms with E-state index in [1.54, 1.807) is 18.6 Å². The number of rotatable bonds is 7. The van der Waals surface area contributed by atoms with Gasteiger partial charge in [0.25, 0.3) is 5.56 Å². The van der Waals surface area contributed by atoms with Crippen molar-refractivity contribution >= 4 is 16.7 Å². The summed E-state index contributed by atoms with van der Waals surface area (Å²) in [5.74, 6) is -1.53. The molecule has 1 atom stereocenters. The SMILES string of the molecule is Cc1cc(-n2ccnc2)cc2[nH]c(-c3c(N[C@H](CO)Cc4ccc(F)c(F)c4)cc[nH]c3=O)nc12. The molecule has 0 aliphatic carbocycles. The number of aliphatic hydroxyl groups excluding tert-OH is 1. The van der Waals surface area contributed by atoms with Crippen molar-refractivity contribution in [3.8, 4) is 17.1 Å². The van der Waals surface area contributed by atoms with Crippen LogP contribution in [-0.2, 0) is 6.42 Å². The number of nitrogens with one attached hydrogen (secondary N) is 3. The lowest BCUT2D eigenvalue weighted by Crippen LogP contribution is -2.28. The van der Waals surface area contributed by atoms with Gasteiger partial charge in [-0.25, -0.2) is 18.7 Å². The summed E-state index contributed by atoms with van der Waals surface area (Å²) in [5.41, 5.74) is 4.14. The molecule has 0 unspecified atom stereocenters. The second-order valence-electron chi connectivity index (χ2n) is 8.29. The number of fused-ring (bicyclic) bond motifs is 1. The molecule has 0 spiro atoms. The highest BCUT2D eigenvalue weighted by molar-refractivity contribution is 5.86. The maximum atomic E-state index is 13.6. The number of aryl methyl sites for hydroxylation is 1. The van der Waals surface area contributed by atoms with Gasteiger partial charge in [-0.15, -0.1) is 0 Å². The molecule has 35 heavy (non-hydrogen) atoms. The average molecular weight is 476 g/mol. The Labute approximate surface area is 198 Å². The number of pyridine rings is 1. The van der Waals surface area contributed by atoms with E-state index in [-0.39, 0.29) is 24.2 Å². The van der Waals surface area contributed by atoms with Crippen molar-refractivity contribution in [1.29, 1.82) is 0 Å². The molecule has 0 bridgehead atoms. The number of aromatic amines is 2. The smallest absolute Gasteiger partial charge is 0.261 e. The van der Waals surface area contributed by atoms with Crippen molar-refractivity contribution in [2.75, 3.05) is 11.9 Å². The first kappa shape index (κ1) is 22.5. The van der Waals surface area contributed by atoms with Crippen molar-refractivity contribution < 1.29 is 13.9 Å². The van der Waals surface area contributed by atoms with E-state index in [9.17, 15) is 18.7 Å². The third-order valence-corrected chi connectivity index (χ3v) is 5.81. The fraction of sp³-hybridized carbons (Fsp3) is 0.160. The van der Waals surface area contributed by atoms with E-state index in [4.69, 9.17) is 0 Å². The molecule has 2 aromatic carbocycles. The third kappa shape index (κ3) is 4.43. The van der Waals surface area contributed by atoms with Gasteiger partial charge >= 0.3 is 0 Å². The van der Waals surface area contributed by atoms with Crippen LogP contribution in [0.15, 0.2) is 66.1 Å². The summed E-state index contributed by atoms with van der Waals surface area (Å²) >= 11 is 0. The van der Waals surface area contributed by atoms with Crippen LogP contribution in [0.5, 0.6) is 0 Å². The summed E-state index contributed by atoms with van der Waals surface area (Å²) < 4.78 is 28.8. The minimum atomic E-state index is -0.955. The number of hydrogen-bond donors (Lipinski definition) is 4. The first-order valence-electron chi connectivity index (χ1n) is 10.9. The molecule has 0 amide bonds. The molecule has 5 rings (SSSR count). The third-order valence-electron chi connectivity index (χ3n) is 5.81. The Morgan fingerprint density at radius 1 is 1.17 bits per heavy atom. The topological polar surface area (TPSA) is 112 Å². The fourth-order valence-electron chi connectivity index (χ4n) is 4.12. The first-order valence-corrected chi connectivity index (χ1v) is 10.9. The quantitative estimate of drug-likeness (QED) is 0.286. The normalized spacial score (nSPS) is 12.2. The van der Waals surface area contributed by atoms with Crippen molar-refractivity contribution in [3.63, 3.8) is 0 Å². The molecule has 8 nitrogen and oxygen atoms in total. The monoisotopic (exact) mass is 476 g/mol. The lowest BCUT2D eigenvalue weighted by atomic mass is 10.1. The Morgan fingerprint density at radius 2 is 2.03 bits per heavy atom. The Balaban J connectivity index is 1.51. The zero-order chi connectivity index (χ0) is 24.5. The molecule has 0 saturated carbocycles. The van der Waals surface area contributed by atoms with Gasteiger partial charge in [-0.3, -0.25) is 4.79 Å². The van der Waals surface area contributed by atoms with Gasteiger partial charge in [-0.05, 0) is 54.8 Å². The number of hydrogen-bond acceptors (Lipinski definition) is 5. The Morgan fingerprint density at radius 3 is 2.77 bits per heavy atom. The number of H-pyrrole nitrogens is 2. The highest BCUT2D eigenvalue weighted by Gasteiger charge is 2.19. The summed E-state index contributed by atoms with van der Waals surface area (Å²) in [6.45, 7) is 1.64. The van der Waals surface area contributed by atoms with E-state index in [1.165, 1.54) is 12.3 Å². The summed E-state index contributed by atoms with van der Waals surface area (Å²) in [6, 6.07) is 8.62. The van der Waals surface area contributed by atoms with Gasteiger partial charge in [0, 0.05) is 24.3 Å². The van der Waals surface area contributed by atoms with Crippen LogP contribution in [0.1, 0.15) is 11.1 Å². The molecule has 3 heterocycles. The molecular formula is C25H22F2N6O2. The van der Waals surface area contributed by atoms with Gasteiger partial charge in [-0.1, -0.05) is 6.07 Å². The maximum Gasteiger partial charge on any atom is 0.261 e. The Kier molecular flexibility index (Phi) is 5.87. The van der Waals surface area contributed by atoms with E-state index in [0.717, 1.165) is 34.4 Å². The van der Waals surface area contributed by atoms with E-state index < -0.39 is 17.7 Å². The number of nitrogens with zero attached hydrogens (tertiary/aromatic N) is 3. The van der Waals surface area contributed by atoms with E-state index in [2.05, 4.69) is 25.3 Å². The average Bonchev–Trinajstić information content (AvgIpc) is 3.51. The number of aliphatic hydroxyl groups is 1. The molecule has 5 aromatic rings. The van der Waals surface area contributed by atoms with E-state index in [1.807, 2.05) is 29.8 Å². The molecular weight excluding hydrogens is 454 g/mol. The molecule has 0 aliphatic heterocycles. The second kappa shape index (κ2) is 9.15. The molecule has 4 N–H and O–H groups in total. The molecule has 0 radical (unpaired) electrons. The Bertz CT molecular complexity index is 1560. The van der Waals surface area contributed by atoms with Gasteiger partial charge in [0.05, 0.1) is 35.7 Å². The minimum Gasteiger partial charge on any atom is -0.394 e. The number of halogens is 2. The minimum absolute atomic E-state index is 0.216. The standard InChI is InChI=1S/C25H22F2N6O2/c1-14-8-17(33-7-6-28-13-33)11-21-23(14)32-24(31-21)22-20(4-5-29-25(22)35)30-16(12-34)9-15-2-3-18(26)19(27)10-15/h2-8,10-11,13,16,34H,9,12H2,1H3,(H,31,32)(H2,29,30,35)/t16-/m0/s1. The zero-order valence-electron chi connectivity index (χ0n) is 18.7. The summed E-state index contributed by atoms with van der Waals surface area (Å²) in [5, 5.41) is 13.1. The van der Waals surface area contributed by atoms with Crippen molar-refractivity contribution in [1.82, 2.24) is 24.5 Å². The maximum absolute atomic E-state index is 13.6. The molecule has 0 saturated heterocycles. The fourth-order valence-corrected chi connectivity index (χ4v) is 4.12. The van der Waals surface area contributed by atoms with E-state index >= 15 is 0 Å². The highest BCUT2D eigenvalue weighted by Crippen LogP contribution is 2.28.